The van der Waals surface area contributed by atoms with Crippen molar-refractivity contribution >= 4 is 34.8 Å². The van der Waals surface area contributed by atoms with Crippen LogP contribution in [0.15, 0.2) is 18.2 Å². The summed E-state index contributed by atoms with van der Waals surface area (Å²) in [6.45, 7) is 6.16. The van der Waals surface area contributed by atoms with Crippen molar-refractivity contribution in [3.63, 3.8) is 0 Å². The summed E-state index contributed by atoms with van der Waals surface area (Å²) in [5.74, 6) is -0.0504. The second kappa shape index (κ2) is 6.76. The third kappa shape index (κ3) is 4.35. The summed E-state index contributed by atoms with van der Waals surface area (Å²) < 4.78 is 5.66. The van der Waals surface area contributed by atoms with Crippen molar-refractivity contribution in [2.24, 2.45) is 0 Å². The molecule has 20 heavy (non-hydrogen) atoms. The lowest BCUT2D eigenvalue weighted by Gasteiger charge is -2.31. The zero-order valence-corrected chi connectivity index (χ0v) is 13.1. The molecule has 0 bridgehead atoms. The van der Waals surface area contributed by atoms with E-state index in [1.807, 2.05) is 13.8 Å². The molecule has 2 atom stereocenters. The first-order valence-electron chi connectivity index (χ1n) is 6.68. The molecule has 0 aliphatic carbocycles. The highest BCUT2D eigenvalue weighted by atomic mass is 35.5. The summed E-state index contributed by atoms with van der Waals surface area (Å²) in [7, 11) is 0. The van der Waals surface area contributed by atoms with E-state index in [4.69, 9.17) is 27.9 Å². The van der Waals surface area contributed by atoms with E-state index in [1.165, 1.54) is 4.90 Å². The summed E-state index contributed by atoms with van der Waals surface area (Å²) in [6, 6.07) is 5.03. The van der Waals surface area contributed by atoms with E-state index in [1.54, 1.807) is 18.2 Å². The fourth-order valence-electron chi connectivity index (χ4n) is 2.55. The Hall–Kier alpha value is -0.810. The summed E-state index contributed by atoms with van der Waals surface area (Å²) >= 11 is 11.9. The zero-order valence-electron chi connectivity index (χ0n) is 11.6. The molecule has 4 nitrogen and oxygen atoms in total. The van der Waals surface area contributed by atoms with E-state index in [2.05, 4.69) is 5.32 Å². The highest BCUT2D eigenvalue weighted by Crippen LogP contribution is 2.25. The minimum absolute atomic E-state index is 0.0504. The van der Waals surface area contributed by atoms with Crippen molar-refractivity contribution in [2.45, 2.75) is 26.1 Å². The number of ether oxygens (including phenoxy) is 1. The van der Waals surface area contributed by atoms with Gasteiger partial charge in [-0.1, -0.05) is 23.2 Å². The number of rotatable bonds is 3. The van der Waals surface area contributed by atoms with Crippen LogP contribution in [0.2, 0.25) is 10.0 Å². The summed E-state index contributed by atoms with van der Waals surface area (Å²) in [6.07, 6.45) is 0.362. The molecule has 2 rings (SSSR count). The van der Waals surface area contributed by atoms with Gasteiger partial charge < -0.3 is 15.0 Å². The Morgan fingerprint density at radius 2 is 2.00 bits per heavy atom. The molecule has 1 aromatic carbocycles. The van der Waals surface area contributed by atoms with Gasteiger partial charge in [0.25, 0.3) is 5.91 Å². The van der Waals surface area contributed by atoms with Gasteiger partial charge in [-0.25, -0.2) is 0 Å². The Labute approximate surface area is 129 Å². The monoisotopic (exact) mass is 317 g/mol. The van der Waals surface area contributed by atoms with Crippen LogP contribution in [-0.2, 0) is 9.53 Å². The SMILES string of the molecule is C[C@H]1C[NH+](CC(=O)Nc2ccc(Cl)cc2Cl)C[C@H](C)O1. The second-order valence-electron chi connectivity index (χ2n) is 5.26. The number of hydrogen-bond donors (Lipinski definition) is 2. The average Bonchev–Trinajstić information content (AvgIpc) is 2.31. The molecule has 110 valence electrons. The van der Waals surface area contributed by atoms with Crippen molar-refractivity contribution in [3.8, 4) is 0 Å². The number of halogens is 2. The van der Waals surface area contributed by atoms with Gasteiger partial charge in [-0.2, -0.15) is 0 Å². The Morgan fingerprint density at radius 1 is 1.35 bits per heavy atom. The van der Waals surface area contributed by atoms with E-state index in [9.17, 15) is 4.79 Å². The van der Waals surface area contributed by atoms with Gasteiger partial charge in [-0.05, 0) is 32.0 Å². The fourth-order valence-corrected chi connectivity index (χ4v) is 3.00. The van der Waals surface area contributed by atoms with Gasteiger partial charge in [-0.15, -0.1) is 0 Å². The lowest BCUT2D eigenvalue weighted by molar-refractivity contribution is -0.907. The minimum Gasteiger partial charge on any atom is -0.364 e. The normalized spacial score (nSPS) is 26.3. The van der Waals surface area contributed by atoms with Crippen molar-refractivity contribution in [2.75, 3.05) is 25.0 Å². The van der Waals surface area contributed by atoms with E-state index in [-0.39, 0.29) is 18.1 Å². The lowest BCUT2D eigenvalue weighted by atomic mass is 10.2. The third-order valence-electron chi connectivity index (χ3n) is 3.23. The van der Waals surface area contributed by atoms with Crippen molar-refractivity contribution in [3.05, 3.63) is 28.2 Å². The number of quaternary nitrogens is 1. The number of morpholine rings is 1. The van der Waals surface area contributed by atoms with Gasteiger partial charge in [0.2, 0.25) is 0 Å². The van der Waals surface area contributed by atoms with E-state index < -0.39 is 0 Å². The van der Waals surface area contributed by atoms with Crippen LogP contribution in [-0.4, -0.2) is 37.7 Å². The molecule has 1 amide bonds. The van der Waals surface area contributed by atoms with Crippen LogP contribution >= 0.6 is 23.2 Å². The molecule has 1 saturated heterocycles. The van der Waals surface area contributed by atoms with Crippen LogP contribution in [0.1, 0.15) is 13.8 Å². The standard InChI is InChI=1S/C14H18Cl2N2O2/c1-9-6-18(7-10(2)20-9)8-14(19)17-13-4-3-11(15)5-12(13)16/h3-5,9-10H,6-8H2,1-2H3,(H,17,19)/p+1/t9-,10-/m0/s1. The highest BCUT2D eigenvalue weighted by Gasteiger charge is 2.27. The Kier molecular flexibility index (Phi) is 5.27. The molecule has 0 saturated carbocycles. The first-order chi connectivity index (χ1) is 9.44. The molecule has 2 N–H and O–H groups in total. The van der Waals surface area contributed by atoms with Crippen LogP contribution in [0.5, 0.6) is 0 Å². The molecular weight excluding hydrogens is 299 g/mol. The number of carbonyl (C=O) groups is 1. The second-order valence-corrected chi connectivity index (χ2v) is 6.11. The van der Waals surface area contributed by atoms with Gasteiger partial charge in [0.1, 0.15) is 25.3 Å². The van der Waals surface area contributed by atoms with Crippen LogP contribution in [0.3, 0.4) is 0 Å². The molecule has 0 radical (unpaired) electrons. The topological polar surface area (TPSA) is 42.8 Å². The average molecular weight is 318 g/mol. The van der Waals surface area contributed by atoms with Gasteiger partial charge in [0.05, 0.1) is 10.7 Å². The highest BCUT2D eigenvalue weighted by molar-refractivity contribution is 6.36. The van der Waals surface area contributed by atoms with Crippen molar-refractivity contribution in [1.82, 2.24) is 0 Å². The zero-order chi connectivity index (χ0) is 14.7. The van der Waals surface area contributed by atoms with E-state index in [0.29, 0.717) is 22.3 Å². The quantitative estimate of drug-likeness (QED) is 0.889. The van der Waals surface area contributed by atoms with Crippen LogP contribution in [0.25, 0.3) is 0 Å². The maximum Gasteiger partial charge on any atom is 0.279 e. The first kappa shape index (κ1) is 15.6. The number of amides is 1. The largest absolute Gasteiger partial charge is 0.364 e. The molecule has 0 unspecified atom stereocenters. The molecule has 0 spiro atoms. The maximum absolute atomic E-state index is 12.1. The molecule has 1 aliphatic heterocycles. The Bertz CT molecular complexity index is 486. The van der Waals surface area contributed by atoms with Gasteiger partial charge in [-0.3, -0.25) is 4.79 Å². The smallest absolute Gasteiger partial charge is 0.279 e. The molecule has 6 heteroatoms. The summed E-state index contributed by atoms with van der Waals surface area (Å²) in [5.41, 5.74) is 0.592. The molecule has 1 aliphatic rings. The number of anilines is 1. The minimum atomic E-state index is -0.0504. The van der Waals surface area contributed by atoms with Gasteiger partial charge in [0.15, 0.2) is 6.54 Å². The van der Waals surface area contributed by atoms with Crippen molar-refractivity contribution < 1.29 is 14.4 Å². The number of benzene rings is 1. The molecule has 1 heterocycles. The van der Waals surface area contributed by atoms with E-state index in [0.717, 1.165) is 13.1 Å². The van der Waals surface area contributed by atoms with Crippen LogP contribution in [0.4, 0.5) is 5.69 Å². The summed E-state index contributed by atoms with van der Waals surface area (Å²) in [5, 5.41) is 3.82. The predicted octanol–water partition coefficient (Wildman–Crippen LogP) is 1.62. The maximum atomic E-state index is 12.1. The lowest BCUT2D eigenvalue weighted by Crippen LogP contribution is -3.16. The third-order valence-corrected chi connectivity index (χ3v) is 3.78. The molecule has 0 aromatic heterocycles. The summed E-state index contributed by atoms with van der Waals surface area (Å²) in [4.78, 5) is 13.3. The van der Waals surface area contributed by atoms with Crippen LogP contribution < -0.4 is 10.2 Å². The molecule has 1 fully saturated rings. The van der Waals surface area contributed by atoms with Gasteiger partial charge in [0, 0.05) is 5.02 Å². The fraction of sp³-hybridized carbons (Fsp3) is 0.500. The Morgan fingerprint density at radius 3 is 2.60 bits per heavy atom. The van der Waals surface area contributed by atoms with E-state index >= 15 is 0 Å². The Balaban J connectivity index is 1.92. The molecular formula is C14H19Cl2N2O2+. The van der Waals surface area contributed by atoms with Crippen molar-refractivity contribution in [1.29, 1.82) is 0 Å². The number of hydrogen-bond acceptors (Lipinski definition) is 2. The van der Waals surface area contributed by atoms with Crippen LogP contribution in [0, 0.1) is 0 Å². The molecule has 1 aromatic rings. The number of carbonyl (C=O) groups excluding carboxylic acids is 1. The van der Waals surface area contributed by atoms with Gasteiger partial charge >= 0.3 is 0 Å². The number of nitrogens with one attached hydrogen (secondary N) is 2. The first-order valence-corrected chi connectivity index (χ1v) is 7.43. The predicted molar refractivity (Wildman–Crippen MR) is 80.7 cm³/mol.